The van der Waals surface area contributed by atoms with E-state index in [1.165, 1.54) is 4.88 Å². The highest BCUT2D eigenvalue weighted by molar-refractivity contribution is 14.0. The van der Waals surface area contributed by atoms with Gasteiger partial charge in [0.25, 0.3) is 0 Å². The number of nitrogens with one attached hydrogen (secondary N) is 2. The normalized spacial score (nSPS) is 12.6. The average Bonchev–Trinajstić information content (AvgIpc) is 3.11. The van der Waals surface area contributed by atoms with Gasteiger partial charge in [-0.15, -0.1) is 35.3 Å². The van der Waals surface area contributed by atoms with Gasteiger partial charge in [0.15, 0.2) is 5.96 Å². The van der Waals surface area contributed by atoms with Crippen LogP contribution in [0.5, 0.6) is 0 Å². The van der Waals surface area contributed by atoms with E-state index >= 15 is 0 Å². The lowest BCUT2D eigenvalue weighted by Gasteiger charge is -2.15. The molecule has 2 N–H and O–H groups in total. The van der Waals surface area contributed by atoms with Crippen molar-refractivity contribution >= 4 is 41.3 Å². The van der Waals surface area contributed by atoms with Crippen LogP contribution >= 0.6 is 35.3 Å². The predicted molar refractivity (Wildman–Crippen MR) is 104 cm³/mol. The minimum atomic E-state index is 0. The molecule has 0 aliphatic carbocycles. The average molecular weight is 433 g/mol. The first-order chi connectivity index (χ1) is 10.2. The fourth-order valence-corrected chi connectivity index (χ4v) is 2.95. The van der Waals surface area contributed by atoms with Gasteiger partial charge in [0.1, 0.15) is 0 Å². The topological polar surface area (TPSA) is 54.2 Å². The SMILES string of the molecule is CN=C(NCc1cnn(C)c1)NCC(C)Cc1cccs1.I. The Balaban J connectivity index is 0.00000242. The molecule has 0 radical (unpaired) electrons. The number of hydrogen-bond donors (Lipinski definition) is 2. The van der Waals surface area contributed by atoms with Gasteiger partial charge in [0.05, 0.1) is 6.20 Å². The van der Waals surface area contributed by atoms with Crippen molar-refractivity contribution in [2.24, 2.45) is 18.0 Å². The number of halogens is 1. The molecule has 2 rings (SSSR count). The molecule has 0 spiro atoms. The maximum atomic E-state index is 4.25. The molecule has 0 fully saturated rings. The Hall–Kier alpha value is -1.09. The van der Waals surface area contributed by atoms with Crippen LogP contribution < -0.4 is 10.6 Å². The van der Waals surface area contributed by atoms with Crippen molar-refractivity contribution in [1.29, 1.82) is 0 Å². The van der Waals surface area contributed by atoms with Gasteiger partial charge in [-0.3, -0.25) is 9.67 Å². The van der Waals surface area contributed by atoms with E-state index in [1.807, 2.05) is 30.8 Å². The molecule has 0 saturated heterocycles. The zero-order valence-corrected chi connectivity index (χ0v) is 16.4. The lowest BCUT2D eigenvalue weighted by Crippen LogP contribution is -2.39. The van der Waals surface area contributed by atoms with E-state index in [9.17, 15) is 0 Å². The van der Waals surface area contributed by atoms with Crippen LogP contribution in [0.15, 0.2) is 34.9 Å². The fraction of sp³-hybridized carbons (Fsp3) is 0.467. The summed E-state index contributed by atoms with van der Waals surface area (Å²) in [7, 11) is 3.71. The molecule has 1 atom stereocenters. The standard InChI is InChI=1S/C15H23N5S.HI/c1-12(7-14-5-4-6-21-14)8-17-15(16-2)18-9-13-10-19-20(3)11-13;/h4-6,10-12H,7-9H2,1-3H3,(H2,16,17,18);1H. The lowest BCUT2D eigenvalue weighted by molar-refractivity contribution is 0.562. The Morgan fingerprint density at radius 2 is 2.27 bits per heavy atom. The second-order valence-electron chi connectivity index (χ2n) is 5.22. The van der Waals surface area contributed by atoms with Crippen LogP contribution in [0.2, 0.25) is 0 Å². The molecule has 0 bridgehead atoms. The number of aromatic nitrogens is 2. The maximum Gasteiger partial charge on any atom is 0.191 e. The third-order valence-electron chi connectivity index (χ3n) is 3.19. The number of aliphatic imine (C=N–C) groups is 1. The van der Waals surface area contributed by atoms with Crippen molar-refractivity contribution in [3.05, 3.63) is 40.3 Å². The van der Waals surface area contributed by atoms with Gasteiger partial charge in [-0.1, -0.05) is 13.0 Å². The van der Waals surface area contributed by atoms with Gasteiger partial charge in [-0.2, -0.15) is 5.10 Å². The number of guanidine groups is 1. The Labute approximate surface area is 153 Å². The van der Waals surface area contributed by atoms with E-state index in [2.05, 4.69) is 45.2 Å². The van der Waals surface area contributed by atoms with Crippen molar-refractivity contribution in [3.63, 3.8) is 0 Å². The molecule has 0 aliphatic rings. The Morgan fingerprint density at radius 1 is 1.45 bits per heavy atom. The molecule has 5 nitrogen and oxygen atoms in total. The summed E-state index contributed by atoms with van der Waals surface area (Å²) in [5, 5.41) is 13.0. The first-order valence-corrected chi connectivity index (χ1v) is 7.99. The summed E-state index contributed by atoms with van der Waals surface area (Å²) in [6, 6.07) is 4.30. The molecule has 0 amide bonds. The van der Waals surface area contributed by atoms with Gasteiger partial charge >= 0.3 is 0 Å². The maximum absolute atomic E-state index is 4.25. The molecular weight excluding hydrogens is 409 g/mol. The van der Waals surface area contributed by atoms with Crippen LogP contribution in [-0.4, -0.2) is 29.3 Å². The molecule has 2 aromatic rings. The molecule has 1 unspecified atom stereocenters. The van der Waals surface area contributed by atoms with E-state index in [4.69, 9.17) is 0 Å². The Kier molecular flexibility index (Phi) is 8.47. The number of hydrogen-bond acceptors (Lipinski definition) is 3. The van der Waals surface area contributed by atoms with Crippen molar-refractivity contribution in [3.8, 4) is 0 Å². The molecule has 122 valence electrons. The van der Waals surface area contributed by atoms with Crippen molar-refractivity contribution in [2.75, 3.05) is 13.6 Å². The van der Waals surface area contributed by atoms with Crippen LogP contribution in [-0.2, 0) is 20.0 Å². The monoisotopic (exact) mass is 433 g/mol. The summed E-state index contributed by atoms with van der Waals surface area (Å²) >= 11 is 1.82. The highest BCUT2D eigenvalue weighted by Gasteiger charge is 2.06. The van der Waals surface area contributed by atoms with Gasteiger partial charge < -0.3 is 10.6 Å². The molecule has 7 heteroatoms. The number of nitrogens with zero attached hydrogens (tertiary/aromatic N) is 3. The third-order valence-corrected chi connectivity index (χ3v) is 4.09. The zero-order valence-electron chi connectivity index (χ0n) is 13.2. The molecule has 22 heavy (non-hydrogen) atoms. The van der Waals surface area contributed by atoms with Crippen molar-refractivity contribution in [1.82, 2.24) is 20.4 Å². The first-order valence-electron chi connectivity index (χ1n) is 7.12. The zero-order chi connectivity index (χ0) is 15.1. The van der Waals surface area contributed by atoms with E-state index in [-0.39, 0.29) is 24.0 Å². The third kappa shape index (κ3) is 6.35. The number of aryl methyl sites for hydroxylation is 1. The van der Waals surface area contributed by atoms with Crippen LogP contribution in [0, 0.1) is 5.92 Å². The minimum Gasteiger partial charge on any atom is -0.356 e. The number of thiophene rings is 1. The molecule has 2 heterocycles. The Morgan fingerprint density at radius 3 is 2.86 bits per heavy atom. The van der Waals surface area contributed by atoms with Crippen molar-refractivity contribution in [2.45, 2.75) is 19.9 Å². The van der Waals surface area contributed by atoms with E-state index in [0.717, 1.165) is 31.0 Å². The summed E-state index contributed by atoms with van der Waals surface area (Å²) < 4.78 is 1.80. The second kappa shape index (κ2) is 9.83. The highest BCUT2D eigenvalue weighted by Crippen LogP contribution is 2.13. The van der Waals surface area contributed by atoms with Crippen LogP contribution in [0.25, 0.3) is 0 Å². The van der Waals surface area contributed by atoms with Crippen LogP contribution in [0.4, 0.5) is 0 Å². The molecule has 0 saturated carbocycles. The van der Waals surface area contributed by atoms with Gasteiger partial charge in [0, 0.05) is 43.8 Å². The predicted octanol–water partition coefficient (Wildman–Crippen LogP) is 2.64. The van der Waals surface area contributed by atoms with E-state index in [0.29, 0.717) is 5.92 Å². The molecule has 2 aromatic heterocycles. The van der Waals surface area contributed by atoms with Gasteiger partial charge in [-0.05, 0) is 23.8 Å². The quantitative estimate of drug-likeness (QED) is 0.419. The van der Waals surface area contributed by atoms with Crippen LogP contribution in [0.3, 0.4) is 0 Å². The molecule has 0 aromatic carbocycles. The highest BCUT2D eigenvalue weighted by atomic mass is 127. The minimum absolute atomic E-state index is 0. The summed E-state index contributed by atoms with van der Waals surface area (Å²) in [6.07, 6.45) is 4.96. The second-order valence-corrected chi connectivity index (χ2v) is 6.25. The van der Waals surface area contributed by atoms with Crippen LogP contribution in [0.1, 0.15) is 17.4 Å². The Bertz CT molecular complexity index is 564. The van der Waals surface area contributed by atoms with E-state index in [1.54, 1.807) is 11.7 Å². The summed E-state index contributed by atoms with van der Waals surface area (Å²) in [4.78, 5) is 5.68. The smallest absolute Gasteiger partial charge is 0.191 e. The summed E-state index contributed by atoms with van der Waals surface area (Å²) in [5.41, 5.74) is 1.15. The molecular formula is C15H24IN5S. The lowest BCUT2D eigenvalue weighted by atomic mass is 10.1. The fourth-order valence-electron chi connectivity index (χ4n) is 2.08. The number of rotatable bonds is 6. The first kappa shape index (κ1) is 19.0. The summed E-state index contributed by atoms with van der Waals surface area (Å²) in [6.45, 7) is 3.89. The molecule has 0 aliphatic heterocycles. The van der Waals surface area contributed by atoms with Crippen molar-refractivity contribution < 1.29 is 0 Å². The largest absolute Gasteiger partial charge is 0.356 e. The van der Waals surface area contributed by atoms with Gasteiger partial charge in [-0.25, -0.2) is 0 Å². The summed E-state index contributed by atoms with van der Waals surface area (Å²) in [5.74, 6) is 1.40. The van der Waals surface area contributed by atoms with Gasteiger partial charge in [0.2, 0.25) is 0 Å². The van der Waals surface area contributed by atoms with E-state index < -0.39 is 0 Å².